The molecule has 0 amide bonds. The lowest BCUT2D eigenvalue weighted by Gasteiger charge is -2.12. The molecule has 0 aromatic heterocycles. The fourth-order valence-electron chi connectivity index (χ4n) is 2.30. The largest absolute Gasteiger partial charge is 0.495 e. The van der Waals surface area contributed by atoms with Gasteiger partial charge in [-0.05, 0) is 42.5 Å². The SMILES string of the molecule is COCCNS(=O)(=O)c1cc(C(=O)OCC(=O)c2ccc(Cl)cc2)ccc1OC. The topological polar surface area (TPSA) is 108 Å². The summed E-state index contributed by atoms with van der Waals surface area (Å²) in [5.41, 5.74) is 0.296. The van der Waals surface area contributed by atoms with Gasteiger partial charge in [0.25, 0.3) is 0 Å². The number of rotatable bonds is 10. The molecule has 2 aromatic carbocycles. The first-order valence-electron chi connectivity index (χ1n) is 8.41. The predicted octanol–water partition coefficient (Wildman–Crippen LogP) is 2.31. The highest BCUT2D eigenvalue weighted by Crippen LogP contribution is 2.25. The van der Waals surface area contributed by atoms with E-state index in [9.17, 15) is 18.0 Å². The number of Topliss-reactive ketones (excluding diaryl/α,β-unsaturated/α-hetero) is 1. The van der Waals surface area contributed by atoms with E-state index in [0.29, 0.717) is 10.6 Å². The smallest absolute Gasteiger partial charge is 0.338 e. The molecule has 0 bridgehead atoms. The van der Waals surface area contributed by atoms with Crippen molar-refractivity contribution in [2.24, 2.45) is 0 Å². The second kappa shape index (κ2) is 10.4. The summed E-state index contributed by atoms with van der Waals surface area (Å²) < 4.78 is 42.2. The minimum Gasteiger partial charge on any atom is -0.495 e. The van der Waals surface area contributed by atoms with Crippen molar-refractivity contribution < 1.29 is 32.2 Å². The first-order chi connectivity index (χ1) is 13.8. The Balaban J connectivity index is 2.14. The van der Waals surface area contributed by atoms with E-state index >= 15 is 0 Å². The molecule has 1 N–H and O–H groups in total. The molecule has 156 valence electrons. The average molecular weight is 442 g/mol. The van der Waals surface area contributed by atoms with Crippen LogP contribution >= 0.6 is 11.6 Å². The Morgan fingerprint density at radius 2 is 1.69 bits per heavy atom. The van der Waals surface area contributed by atoms with Gasteiger partial charge in [-0.1, -0.05) is 11.6 Å². The molecule has 8 nitrogen and oxygen atoms in total. The van der Waals surface area contributed by atoms with Gasteiger partial charge in [-0.3, -0.25) is 4.79 Å². The quantitative estimate of drug-likeness (QED) is 0.342. The van der Waals surface area contributed by atoms with Gasteiger partial charge < -0.3 is 14.2 Å². The zero-order valence-corrected chi connectivity index (χ0v) is 17.4. The van der Waals surface area contributed by atoms with Gasteiger partial charge in [0.15, 0.2) is 12.4 Å². The summed E-state index contributed by atoms with van der Waals surface area (Å²) in [6, 6.07) is 9.94. The van der Waals surface area contributed by atoms with Crippen molar-refractivity contribution in [1.29, 1.82) is 0 Å². The third-order valence-electron chi connectivity index (χ3n) is 3.79. The zero-order chi connectivity index (χ0) is 21.4. The van der Waals surface area contributed by atoms with Gasteiger partial charge in [0.1, 0.15) is 10.6 Å². The van der Waals surface area contributed by atoms with Crippen LogP contribution < -0.4 is 9.46 Å². The molecule has 10 heteroatoms. The van der Waals surface area contributed by atoms with Crippen molar-refractivity contribution in [3.63, 3.8) is 0 Å². The fraction of sp³-hybridized carbons (Fsp3) is 0.263. The third-order valence-corrected chi connectivity index (χ3v) is 5.52. The van der Waals surface area contributed by atoms with E-state index in [0.717, 1.165) is 6.07 Å². The first-order valence-corrected chi connectivity index (χ1v) is 10.3. The number of halogens is 1. The zero-order valence-electron chi connectivity index (χ0n) is 15.8. The van der Waals surface area contributed by atoms with Gasteiger partial charge in [0.05, 0.1) is 19.3 Å². The van der Waals surface area contributed by atoms with Crippen molar-refractivity contribution >= 4 is 33.4 Å². The van der Waals surface area contributed by atoms with Crippen LogP contribution in [0.3, 0.4) is 0 Å². The lowest BCUT2D eigenvalue weighted by Crippen LogP contribution is -2.27. The molecule has 2 aromatic rings. The maximum absolute atomic E-state index is 12.5. The summed E-state index contributed by atoms with van der Waals surface area (Å²) >= 11 is 5.77. The summed E-state index contributed by atoms with van der Waals surface area (Å²) in [7, 11) is -1.20. The first kappa shape index (κ1) is 22.8. The van der Waals surface area contributed by atoms with Gasteiger partial charge in [0, 0.05) is 24.2 Å². The van der Waals surface area contributed by atoms with Crippen LogP contribution in [0.25, 0.3) is 0 Å². The van der Waals surface area contributed by atoms with Crippen LogP contribution in [0, 0.1) is 0 Å². The number of hydrogen-bond acceptors (Lipinski definition) is 7. The number of hydrogen-bond donors (Lipinski definition) is 1. The van der Waals surface area contributed by atoms with Crippen LogP contribution in [0.1, 0.15) is 20.7 Å². The molecule has 0 aliphatic carbocycles. The number of benzene rings is 2. The number of ether oxygens (including phenoxy) is 3. The van der Waals surface area contributed by atoms with E-state index < -0.39 is 28.4 Å². The molecule has 0 saturated carbocycles. The van der Waals surface area contributed by atoms with Crippen LogP contribution in [0.4, 0.5) is 0 Å². The Kier molecular flexibility index (Phi) is 8.15. The van der Waals surface area contributed by atoms with Crippen molar-refractivity contribution in [1.82, 2.24) is 4.72 Å². The molecular formula is C19H20ClNO7S. The van der Waals surface area contributed by atoms with E-state index in [1.165, 1.54) is 38.5 Å². The number of nitrogens with one attached hydrogen (secondary N) is 1. The highest BCUT2D eigenvalue weighted by Gasteiger charge is 2.22. The second-order valence-corrected chi connectivity index (χ2v) is 7.93. The molecule has 29 heavy (non-hydrogen) atoms. The highest BCUT2D eigenvalue weighted by molar-refractivity contribution is 7.89. The number of ketones is 1. The fourth-order valence-corrected chi connectivity index (χ4v) is 3.63. The maximum Gasteiger partial charge on any atom is 0.338 e. The Bertz CT molecular complexity index is 975. The molecule has 0 aliphatic heterocycles. The minimum atomic E-state index is -3.95. The van der Waals surface area contributed by atoms with Crippen LogP contribution in [0.2, 0.25) is 5.02 Å². The van der Waals surface area contributed by atoms with E-state index in [2.05, 4.69) is 4.72 Å². The normalized spacial score (nSPS) is 11.1. The van der Waals surface area contributed by atoms with Crippen molar-refractivity contribution in [3.8, 4) is 5.75 Å². The van der Waals surface area contributed by atoms with Gasteiger partial charge >= 0.3 is 5.97 Å². The summed E-state index contributed by atoms with van der Waals surface area (Å²) in [5, 5.41) is 0.477. The van der Waals surface area contributed by atoms with Crippen LogP contribution in [0.15, 0.2) is 47.4 Å². The molecule has 0 radical (unpaired) electrons. The van der Waals surface area contributed by atoms with Gasteiger partial charge in [-0.25, -0.2) is 17.9 Å². The molecule has 0 aliphatic rings. The minimum absolute atomic E-state index is 0.0400. The van der Waals surface area contributed by atoms with Gasteiger partial charge in [-0.15, -0.1) is 0 Å². The van der Waals surface area contributed by atoms with Crippen LogP contribution in [-0.2, 0) is 19.5 Å². The van der Waals surface area contributed by atoms with E-state index in [1.807, 2.05) is 0 Å². The second-order valence-electron chi connectivity index (χ2n) is 5.76. The Morgan fingerprint density at radius 3 is 2.31 bits per heavy atom. The van der Waals surface area contributed by atoms with Crippen molar-refractivity contribution in [3.05, 3.63) is 58.6 Å². The number of methoxy groups -OCH3 is 2. The lowest BCUT2D eigenvalue weighted by molar-refractivity contribution is 0.0474. The van der Waals surface area contributed by atoms with E-state index in [1.54, 1.807) is 12.1 Å². The Morgan fingerprint density at radius 1 is 1.03 bits per heavy atom. The monoisotopic (exact) mass is 441 g/mol. The number of carbonyl (C=O) groups is 2. The predicted molar refractivity (Wildman–Crippen MR) is 106 cm³/mol. The van der Waals surface area contributed by atoms with Crippen LogP contribution in [0.5, 0.6) is 5.75 Å². The number of esters is 1. The molecular weight excluding hydrogens is 422 g/mol. The molecule has 0 fully saturated rings. The van der Waals surface area contributed by atoms with Crippen molar-refractivity contribution in [2.45, 2.75) is 4.90 Å². The number of carbonyl (C=O) groups excluding carboxylic acids is 2. The number of sulfonamides is 1. The van der Waals surface area contributed by atoms with Crippen LogP contribution in [-0.4, -0.2) is 54.1 Å². The Labute approximate surface area is 173 Å². The third kappa shape index (κ3) is 6.26. The summed E-state index contributed by atoms with van der Waals surface area (Å²) in [5.74, 6) is -1.20. The van der Waals surface area contributed by atoms with Gasteiger partial charge in [0.2, 0.25) is 10.0 Å². The highest BCUT2D eigenvalue weighted by atomic mass is 35.5. The molecule has 0 saturated heterocycles. The standard InChI is InChI=1S/C19H20ClNO7S/c1-26-10-9-21-29(24,25)18-11-14(5-8-17(18)27-2)19(23)28-12-16(22)13-3-6-15(20)7-4-13/h3-8,11,21H,9-10,12H2,1-2H3. The summed E-state index contributed by atoms with van der Waals surface area (Å²) in [4.78, 5) is 24.2. The molecule has 0 spiro atoms. The Hall–Kier alpha value is -2.46. The molecule has 0 atom stereocenters. The summed E-state index contributed by atoms with van der Waals surface area (Å²) in [6.45, 7) is -0.275. The average Bonchev–Trinajstić information content (AvgIpc) is 2.71. The van der Waals surface area contributed by atoms with E-state index in [-0.39, 0.29) is 29.4 Å². The van der Waals surface area contributed by atoms with Crippen molar-refractivity contribution in [2.75, 3.05) is 34.0 Å². The molecule has 2 rings (SSSR count). The van der Waals surface area contributed by atoms with E-state index in [4.69, 9.17) is 25.8 Å². The lowest BCUT2D eigenvalue weighted by atomic mass is 10.1. The maximum atomic E-state index is 12.5. The van der Waals surface area contributed by atoms with Gasteiger partial charge in [-0.2, -0.15) is 0 Å². The molecule has 0 heterocycles. The summed E-state index contributed by atoms with van der Waals surface area (Å²) in [6.07, 6.45) is 0. The molecule has 0 unspecified atom stereocenters.